The molecular formula is C23H22ClN4NaO5S2. The van der Waals surface area contributed by atoms with Crippen LogP contribution < -0.4 is 39.6 Å². The number of hydrogen-bond acceptors (Lipinski definition) is 9. The molecule has 0 aliphatic carbocycles. The summed E-state index contributed by atoms with van der Waals surface area (Å²) in [6.45, 7) is 0.312. The molecule has 9 nitrogen and oxygen atoms in total. The van der Waals surface area contributed by atoms with Crippen LogP contribution >= 0.6 is 23.4 Å². The van der Waals surface area contributed by atoms with Crippen LogP contribution in [0.4, 0.5) is 5.69 Å². The van der Waals surface area contributed by atoms with E-state index in [2.05, 4.69) is 9.97 Å². The third kappa shape index (κ3) is 7.85. The van der Waals surface area contributed by atoms with Crippen LogP contribution in [0, 0.1) is 0 Å². The normalized spacial score (nSPS) is 11.5. The second-order valence-corrected chi connectivity index (χ2v) is 10.6. The molecule has 0 saturated heterocycles. The summed E-state index contributed by atoms with van der Waals surface area (Å²) in [6.07, 6.45) is 0. The summed E-state index contributed by atoms with van der Waals surface area (Å²) < 4.78 is 33.7. The van der Waals surface area contributed by atoms with Crippen LogP contribution in [-0.4, -0.2) is 48.7 Å². The number of rotatable bonds is 10. The van der Waals surface area contributed by atoms with Gasteiger partial charge in [0, 0.05) is 10.8 Å². The molecule has 0 unspecified atom stereocenters. The molecule has 0 atom stereocenters. The van der Waals surface area contributed by atoms with Crippen molar-refractivity contribution in [2.75, 3.05) is 26.1 Å². The average Bonchev–Trinajstić information content (AvgIpc) is 3.24. The summed E-state index contributed by atoms with van der Waals surface area (Å²) in [5.41, 5.74) is 2.81. The number of nitrogens with one attached hydrogen (secondary N) is 1. The van der Waals surface area contributed by atoms with Gasteiger partial charge in [-0.15, -0.1) is 0 Å². The number of aromatic amines is 1. The molecule has 1 heterocycles. The molecule has 0 fully saturated rings. The number of hydrogen-bond donors (Lipinski definition) is 1. The molecule has 0 bridgehead atoms. The Morgan fingerprint density at radius 1 is 1.06 bits per heavy atom. The van der Waals surface area contributed by atoms with Crippen molar-refractivity contribution in [3.05, 3.63) is 77.3 Å². The minimum Gasteiger partial charge on any atom is -0.744 e. The van der Waals surface area contributed by atoms with Crippen molar-refractivity contribution in [3.8, 4) is 5.75 Å². The molecule has 4 aromatic rings. The Morgan fingerprint density at radius 3 is 2.39 bits per heavy atom. The molecule has 3 aromatic carbocycles. The van der Waals surface area contributed by atoms with E-state index >= 15 is 0 Å². The van der Waals surface area contributed by atoms with Crippen molar-refractivity contribution in [3.63, 3.8) is 0 Å². The van der Waals surface area contributed by atoms with Crippen molar-refractivity contribution in [1.82, 2.24) is 14.9 Å². The number of H-pyrrole nitrogens is 1. The fraction of sp³-hybridized carbons (Fsp3) is 0.174. The van der Waals surface area contributed by atoms with Gasteiger partial charge in [0.05, 0.1) is 15.9 Å². The summed E-state index contributed by atoms with van der Waals surface area (Å²) in [7, 11) is -0.744. The minimum absolute atomic E-state index is 0. The molecule has 0 spiro atoms. The standard InChI is InChI=1S/C23H23ClN4O5S2.Na/c1-27(2)15-32-28(33-19-9-5-17(24)6-10-19)18-7-3-16(4-8-18)14-34-23-25-21-12-11-20(35(29,30)31)13-22(21)26-23;/h3-13H,14-15H2,1-2H3,(H,25,26)(H,29,30,31);/q;+1/p-1. The van der Waals surface area contributed by atoms with E-state index in [-0.39, 0.29) is 34.5 Å². The fourth-order valence-corrected chi connectivity index (χ4v) is 4.43. The number of fused-ring (bicyclic) bond motifs is 1. The first-order valence-corrected chi connectivity index (χ1v) is 13.1. The second kappa shape index (κ2) is 12.6. The van der Waals surface area contributed by atoms with Crippen LogP contribution in [0.5, 0.6) is 5.75 Å². The summed E-state index contributed by atoms with van der Waals surface area (Å²) >= 11 is 7.41. The van der Waals surface area contributed by atoms with Gasteiger partial charge in [-0.1, -0.05) is 40.7 Å². The number of imidazole rings is 1. The minimum atomic E-state index is -4.52. The van der Waals surface area contributed by atoms with Gasteiger partial charge >= 0.3 is 29.6 Å². The zero-order valence-electron chi connectivity index (χ0n) is 19.8. The zero-order valence-corrected chi connectivity index (χ0v) is 24.2. The third-order valence-corrected chi connectivity index (χ3v) is 6.71. The fourth-order valence-electron chi connectivity index (χ4n) is 2.97. The van der Waals surface area contributed by atoms with Gasteiger partial charge in [0.2, 0.25) is 0 Å². The zero-order chi connectivity index (χ0) is 25.0. The Balaban J connectivity index is 0.00000361. The average molecular weight is 557 g/mol. The van der Waals surface area contributed by atoms with Crippen LogP contribution in [-0.2, 0) is 20.7 Å². The monoisotopic (exact) mass is 556 g/mol. The van der Waals surface area contributed by atoms with E-state index in [1.807, 2.05) is 43.3 Å². The SMILES string of the molecule is CN(C)CON(Oc1ccc(Cl)cc1)c1ccc(CSc2nc3ccc(S(=O)(=O)[O-])cc3[nH]2)cc1.[Na+]. The molecule has 36 heavy (non-hydrogen) atoms. The van der Waals surface area contributed by atoms with Gasteiger partial charge in [-0.05, 0) is 74.3 Å². The molecule has 1 N–H and O–H groups in total. The first-order valence-electron chi connectivity index (χ1n) is 10.4. The maximum atomic E-state index is 11.2. The van der Waals surface area contributed by atoms with Gasteiger partial charge in [0.25, 0.3) is 0 Å². The number of nitrogens with zero attached hydrogens (tertiary/aromatic N) is 3. The first-order chi connectivity index (χ1) is 16.7. The van der Waals surface area contributed by atoms with E-state index in [1.54, 1.807) is 24.3 Å². The van der Waals surface area contributed by atoms with Crippen molar-refractivity contribution in [1.29, 1.82) is 0 Å². The molecule has 184 valence electrons. The van der Waals surface area contributed by atoms with Crippen molar-refractivity contribution in [2.45, 2.75) is 15.8 Å². The Hall–Kier alpha value is -1.80. The Morgan fingerprint density at radius 2 is 1.75 bits per heavy atom. The maximum Gasteiger partial charge on any atom is 1.00 e. The second-order valence-electron chi connectivity index (χ2n) is 7.77. The Labute approximate surface area is 240 Å². The smallest absolute Gasteiger partial charge is 0.744 e. The first kappa shape index (κ1) is 28.8. The summed E-state index contributed by atoms with van der Waals surface area (Å²) in [5.74, 6) is 1.19. The van der Waals surface area contributed by atoms with E-state index in [9.17, 15) is 13.0 Å². The molecule has 0 aliphatic rings. The molecular weight excluding hydrogens is 535 g/mol. The van der Waals surface area contributed by atoms with Gasteiger partial charge in [-0.2, -0.15) is 0 Å². The van der Waals surface area contributed by atoms with Crippen molar-refractivity contribution < 1.29 is 52.2 Å². The van der Waals surface area contributed by atoms with Gasteiger partial charge in [-0.3, -0.25) is 4.90 Å². The topological polar surface area (TPSA) is 111 Å². The third-order valence-electron chi connectivity index (χ3n) is 4.68. The largest absolute Gasteiger partial charge is 1.00 e. The predicted molar refractivity (Wildman–Crippen MR) is 134 cm³/mol. The quantitative estimate of drug-likeness (QED) is 0.102. The molecule has 0 amide bonds. The molecule has 4 rings (SSSR count). The Kier molecular flexibility index (Phi) is 10.1. The molecule has 13 heteroatoms. The van der Waals surface area contributed by atoms with E-state index in [0.29, 0.717) is 45.1 Å². The number of halogens is 1. The molecule has 0 aliphatic heterocycles. The van der Waals surface area contributed by atoms with E-state index in [4.69, 9.17) is 21.3 Å². The van der Waals surface area contributed by atoms with E-state index in [0.717, 1.165) is 5.56 Å². The summed E-state index contributed by atoms with van der Waals surface area (Å²) in [6, 6.07) is 18.7. The number of aromatic nitrogens is 2. The van der Waals surface area contributed by atoms with Crippen LogP contribution in [0.15, 0.2) is 76.8 Å². The number of benzene rings is 3. The van der Waals surface area contributed by atoms with Gasteiger partial charge < -0.3 is 14.4 Å². The molecule has 0 saturated carbocycles. The predicted octanol–water partition coefficient (Wildman–Crippen LogP) is 1.67. The maximum absolute atomic E-state index is 11.2. The van der Waals surface area contributed by atoms with Crippen molar-refractivity contribution >= 4 is 50.2 Å². The van der Waals surface area contributed by atoms with Crippen LogP contribution in [0.3, 0.4) is 0 Å². The van der Waals surface area contributed by atoms with E-state index in [1.165, 1.54) is 35.2 Å². The van der Waals surface area contributed by atoms with Crippen LogP contribution in [0.2, 0.25) is 5.02 Å². The van der Waals surface area contributed by atoms with E-state index < -0.39 is 10.1 Å². The van der Waals surface area contributed by atoms with Gasteiger partial charge in [-0.25, -0.2) is 18.2 Å². The van der Waals surface area contributed by atoms with Gasteiger partial charge in [0.1, 0.15) is 22.5 Å². The summed E-state index contributed by atoms with van der Waals surface area (Å²) in [5, 5.41) is 2.58. The van der Waals surface area contributed by atoms with Crippen LogP contribution in [0.25, 0.3) is 11.0 Å². The van der Waals surface area contributed by atoms with Gasteiger partial charge in [0.15, 0.2) is 10.9 Å². The van der Waals surface area contributed by atoms with Crippen LogP contribution in [0.1, 0.15) is 5.56 Å². The molecule has 1 aromatic heterocycles. The number of anilines is 1. The summed E-state index contributed by atoms with van der Waals surface area (Å²) in [4.78, 5) is 20.7. The Bertz CT molecular complexity index is 1400. The number of thioether (sulfide) groups is 1. The van der Waals surface area contributed by atoms with Crippen molar-refractivity contribution in [2.24, 2.45) is 0 Å². The molecule has 0 radical (unpaired) electrons.